The Morgan fingerprint density at radius 2 is 1.80 bits per heavy atom. The average Bonchev–Trinajstić information content (AvgIpc) is 2.99. The predicted molar refractivity (Wildman–Crippen MR) is 105 cm³/mol. The van der Waals surface area contributed by atoms with E-state index in [-0.39, 0.29) is 5.92 Å². The van der Waals surface area contributed by atoms with Gasteiger partial charge >= 0.3 is 0 Å². The first-order valence-electron chi connectivity index (χ1n) is 8.91. The molecule has 3 rings (SSSR count). The molecule has 0 saturated heterocycles. The second-order valence-corrected chi connectivity index (χ2v) is 6.31. The zero-order chi connectivity index (χ0) is 17.6. The molecule has 25 heavy (non-hydrogen) atoms. The molecule has 128 valence electrons. The number of ether oxygens (including phenoxy) is 1. The maximum atomic E-state index is 5.62. The van der Waals surface area contributed by atoms with Crippen LogP contribution in [0.5, 0.6) is 5.75 Å². The van der Waals surface area contributed by atoms with E-state index in [9.17, 15) is 0 Å². The number of para-hydroxylation sites is 2. The van der Waals surface area contributed by atoms with Gasteiger partial charge in [0.25, 0.3) is 0 Å². The molecule has 1 aromatic heterocycles. The molecule has 1 heterocycles. The van der Waals surface area contributed by atoms with Gasteiger partial charge in [-0.2, -0.15) is 0 Å². The van der Waals surface area contributed by atoms with Crippen molar-refractivity contribution < 1.29 is 4.74 Å². The molecule has 0 bridgehead atoms. The summed E-state index contributed by atoms with van der Waals surface area (Å²) in [6, 6.07) is 16.7. The second kappa shape index (κ2) is 7.94. The maximum absolute atomic E-state index is 5.62. The first-order valence-corrected chi connectivity index (χ1v) is 8.91. The summed E-state index contributed by atoms with van der Waals surface area (Å²) >= 11 is 0. The average molecular weight is 331 g/mol. The summed E-state index contributed by atoms with van der Waals surface area (Å²) in [5, 5.41) is 1.26. The van der Waals surface area contributed by atoms with E-state index in [1.54, 1.807) is 7.11 Å². The molecule has 0 amide bonds. The van der Waals surface area contributed by atoms with E-state index >= 15 is 0 Å². The molecule has 0 aliphatic rings. The Bertz CT molecular complexity index is 910. The van der Waals surface area contributed by atoms with Crippen molar-refractivity contribution in [2.75, 3.05) is 7.11 Å². The van der Waals surface area contributed by atoms with Crippen molar-refractivity contribution in [2.45, 2.75) is 32.1 Å². The van der Waals surface area contributed by atoms with Crippen LogP contribution in [0.4, 0.5) is 0 Å². The lowest BCUT2D eigenvalue weighted by Gasteiger charge is -2.15. The van der Waals surface area contributed by atoms with Crippen LogP contribution in [0.1, 0.15) is 43.2 Å². The quantitative estimate of drug-likeness (QED) is 0.444. The number of hydrogen-bond donors (Lipinski definition) is 0. The van der Waals surface area contributed by atoms with Crippen molar-refractivity contribution >= 4 is 10.9 Å². The van der Waals surface area contributed by atoms with Crippen molar-refractivity contribution in [1.82, 2.24) is 4.57 Å². The third kappa shape index (κ3) is 3.56. The first kappa shape index (κ1) is 17.2. The van der Waals surface area contributed by atoms with E-state index in [2.05, 4.69) is 73.0 Å². The summed E-state index contributed by atoms with van der Waals surface area (Å²) < 4.78 is 7.80. The SMILES string of the molecule is CCCCC#CC(c1ccccc1OC)c1cn(C)c2ccccc12. The highest BCUT2D eigenvalue weighted by molar-refractivity contribution is 5.85. The Labute approximate surface area is 150 Å². The smallest absolute Gasteiger partial charge is 0.123 e. The number of nitrogens with zero attached hydrogens (tertiary/aromatic N) is 1. The first-order chi connectivity index (χ1) is 12.3. The number of aryl methyl sites for hydroxylation is 1. The second-order valence-electron chi connectivity index (χ2n) is 6.31. The molecular formula is C23H25NO. The third-order valence-electron chi connectivity index (χ3n) is 4.59. The fraction of sp³-hybridized carbons (Fsp3) is 0.304. The summed E-state index contributed by atoms with van der Waals surface area (Å²) in [6.45, 7) is 2.20. The summed E-state index contributed by atoms with van der Waals surface area (Å²) in [6.07, 6.45) is 5.45. The lowest BCUT2D eigenvalue weighted by atomic mass is 9.90. The molecule has 0 radical (unpaired) electrons. The number of methoxy groups -OCH3 is 1. The largest absolute Gasteiger partial charge is 0.496 e. The summed E-state index contributed by atoms with van der Waals surface area (Å²) in [4.78, 5) is 0. The number of unbranched alkanes of at least 4 members (excludes halogenated alkanes) is 2. The highest BCUT2D eigenvalue weighted by Gasteiger charge is 2.20. The van der Waals surface area contributed by atoms with Crippen LogP contribution in [0.3, 0.4) is 0 Å². The van der Waals surface area contributed by atoms with Gasteiger partial charge in [0.05, 0.1) is 13.0 Å². The zero-order valence-corrected chi connectivity index (χ0v) is 15.3. The molecule has 2 nitrogen and oxygen atoms in total. The summed E-state index contributed by atoms with van der Waals surface area (Å²) in [5.74, 6) is 7.82. The Hall–Kier alpha value is -2.66. The molecule has 0 aliphatic heterocycles. The van der Waals surface area contributed by atoms with Crippen LogP contribution in [-0.2, 0) is 7.05 Å². The van der Waals surface area contributed by atoms with E-state index in [1.807, 2.05) is 12.1 Å². The van der Waals surface area contributed by atoms with E-state index in [1.165, 1.54) is 22.9 Å². The maximum Gasteiger partial charge on any atom is 0.123 e. The molecular weight excluding hydrogens is 306 g/mol. The van der Waals surface area contributed by atoms with Crippen LogP contribution in [0, 0.1) is 11.8 Å². The standard InChI is InChI=1S/C23H25NO/c1-4-5-6-7-12-18(20-14-9-11-16-23(20)25-3)21-17-24(2)22-15-10-8-13-19(21)22/h8-11,13-18H,4-6H2,1-3H3. The van der Waals surface area contributed by atoms with Crippen molar-refractivity contribution in [3.8, 4) is 17.6 Å². The highest BCUT2D eigenvalue weighted by atomic mass is 16.5. The van der Waals surface area contributed by atoms with Crippen molar-refractivity contribution in [1.29, 1.82) is 0 Å². The minimum Gasteiger partial charge on any atom is -0.496 e. The fourth-order valence-corrected chi connectivity index (χ4v) is 3.27. The van der Waals surface area contributed by atoms with Gasteiger partial charge in [-0.05, 0) is 24.1 Å². The molecule has 3 aromatic rings. The highest BCUT2D eigenvalue weighted by Crippen LogP contribution is 2.35. The lowest BCUT2D eigenvalue weighted by Crippen LogP contribution is -2.01. The van der Waals surface area contributed by atoms with Crippen molar-refractivity contribution in [2.24, 2.45) is 7.05 Å². The Kier molecular flexibility index (Phi) is 5.46. The van der Waals surface area contributed by atoms with Gasteiger partial charge in [0.2, 0.25) is 0 Å². The molecule has 0 saturated carbocycles. The van der Waals surface area contributed by atoms with Gasteiger partial charge in [-0.1, -0.05) is 55.7 Å². The van der Waals surface area contributed by atoms with Gasteiger partial charge in [0.1, 0.15) is 5.75 Å². The lowest BCUT2D eigenvalue weighted by molar-refractivity contribution is 0.409. The molecule has 0 fully saturated rings. The molecule has 2 heteroatoms. The van der Waals surface area contributed by atoms with E-state index in [0.29, 0.717) is 0 Å². The molecule has 1 atom stereocenters. The monoisotopic (exact) mass is 331 g/mol. The van der Waals surface area contributed by atoms with E-state index in [0.717, 1.165) is 24.2 Å². The number of aromatic nitrogens is 1. The molecule has 0 N–H and O–H groups in total. The minimum absolute atomic E-state index is 0.0131. The predicted octanol–water partition coefficient (Wildman–Crippen LogP) is 5.51. The van der Waals surface area contributed by atoms with Gasteiger partial charge in [-0.25, -0.2) is 0 Å². The van der Waals surface area contributed by atoms with Gasteiger partial charge in [0.15, 0.2) is 0 Å². The number of fused-ring (bicyclic) bond motifs is 1. The third-order valence-corrected chi connectivity index (χ3v) is 4.59. The molecule has 0 spiro atoms. The van der Waals surface area contributed by atoms with Crippen LogP contribution in [-0.4, -0.2) is 11.7 Å². The Morgan fingerprint density at radius 3 is 2.60 bits per heavy atom. The van der Waals surface area contributed by atoms with E-state index in [4.69, 9.17) is 4.74 Å². The van der Waals surface area contributed by atoms with E-state index < -0.39 is 0 Å². The van der Waals surface area contributed by atoms with Gasteiger partial charge in [-0.15, -0.1) is 5.92 Å². The molecule has 0 aliphatic carbocycles. The Morgan fingerprint density at radius 1 is 1.04 bits per heavy atom. The van der Waals surface area contributed by atoms with Gasteiger partial charge in [0, 0.05) is 36.1 Å². The van der Waals surface area contributed by atoms with Crippen LogP contribution < -0.4 is 4.74 Å². The number of hydrogen-bond acceptors (Lipinski definition) is 1. The topological polar surface area (TPSA) is 14.2 Å². The molecule has 1 unspecified atom stereocenters. The number of rotatable bonds is 5. The normalized spacial score (nSPS) is 11.8. The van der Waals surface area contributed by atoms with Crippen LogP contribution in [0.2, 0.25) is 0 Å². The van der Waals surface area contributed by atoms with Gasteiger partial charge < -0.3 is 9.30 Å². The van der Waals surface area contributed by atoms with Crippen molar-refractivity contribution in [3.63, 3.8) is 0 Å². The van der Waals surface area contributed by atoms with Crippen LogP contribution in [0.15, 0.2) is 54.7 Å². The fourth-order valence-electron chi connectivity index (χ4n) is 3.27. The Balaban J connectivity index is 2.14. The summed E-state index contributed by atoms with van der Waals surface area (Å²) in [7, 11) is 3.82. The summed E-state index contributed by atoms with van der Waals surface area (Å²) in [5.41, 5.74) is 3.60. The van der Waals surface area contributed by atoms with Crippen LogP contribution in [0.25, 0.3) is 10.9 Å². The van der Waals surface area contributed by atoms with Crippen molar-refractivity contribution in [3.05, 3.63) is 65.9 Å². The number of benzene rings is 2. The molecule has 2 aromatic carbocycles. The minimum atomic E-state index is 0.0131. The van der Waals surface area contributed by atoms with Crippen LogP contribution >= 0.6 is 0 Å². The van der Waals surface area contributed by atoms with Gasteiger partial charge in [-0.3, -0.25) is 0 Å². The zero-order valence-electron chi connectivity index (χ0n) is 15.3.